The lowest BCUT2D eigenvalue weighted by atomic mass is 10.1. The quantitative estimate of drug-likeness (QED) is 0.531. The van der Waals surface area contributed by atoms with E-state index in [1.54, 1.807) is 12.1 Å². The number of nitrogens with one attached hydrogen (secondary N) is 1. The van der Waals surface area contributed by atoms with E-state index >= 15 is 0 Å². The highest BCUT2D eigenvalue weighted by Gasteiger charge is 2.31. The first-order valence-electron chi connectivity index (χ1n) is 10.2. The molecule has 0 saturated carbocycles. The number of hydrogen-bond donors (Lipinski definition) is 2. The van der Waals surface area contributed by atoms with Crippen molar-refractivity contribution in [2.24, 2.45) is 0 Å². The number of unbranched alkanes of at least 4 members (excludes halogenated alkanes) is 1. The van der Waals surface area contributed by atoms with E-state index in [9.17, 15) is 27.6 Å². The van der Waals surface area contributed by atoms with Crippen LogP contribution in [0.4, 0.5) is 24.7 Å². The Hall–Kier alpha value is -3.76. The predicted molar refractivity (Wildman–Crippen MR) is 116 cm³/mol. The van der Waals surface area contributed by atoms with Crippen LogP contribution >= 0.6 is 0 Å². The van der Waals surface area contributed by atoms with E-state index in [1.165, 1.54) is 18.4 Å². The fraction of sp³-hybridized carbons (Fsp3) is 0.318. The van der Waals surface area contributed by atoms with Gasteiger partial charge in [0, 0.05) is 6.54 Å². The highest BCUT2D eigenvalue weighted by Crippen LogP contribution is 2.30. The maximum absolute atomic E-state index is 13.2. The number of halogens is 3. The lowest BCUT2D eigenvalue weighted by Gasteiger charge is -2.24. The van der Waals surface area contributed by atoms with E-state index in [-0.39, 0.29) is 30.2 Å². The molecule has 0 aliphatic heterocycles. The minimum absolute atomic E-state index is 0.105. The SMILES string of the molecule is CCCCn1c(N)c(N(Cc2ccco2)C(=O)Cc2cccc(C(F)(F)F)c2)c(=O)[nH]c1=O. The molecule has 0 aliphatic carbocycles. The number of hydrogen-bond acceptors (Lipinski definition) is 5. The summed E-state index contributed by atoms with van der Waals surface area (Å²) >= 11 is 0. The normalized spacial score (nSPS) is 11.5. The minimum atomic E-state index is -4.57. The first-order chi connectivity index (χ1) is 15.6. The van der Waals surface area contributed by atoms with Gasteiger partial charge in [-0.3, -0.25) is 24.0 Å². The van der Waals surface area contributed by atoms with Gasteiger partial charge in [0.1, 0.15) is 11.6 Å². The average molecular weight is 464 g/mol. The standard InChI is InChI=1S/C22H23F3N4O4/c1-2-3-9-28-19(26)18(20(31)27-21(28)32)29(13-16-8-5-10-33-16)17(30)12-14-6-4-7-15(11-14)22(23,24)25/h4-8,10-11H,2-3,9,12-13,26H2,1H3,(H,27,31,32). The number of amides is 1. The zero-order valence-electron chi connectivity index (χ0n) is 17.8. The van der Waals surface area contributed by atoms with Crippen LogP contribution in [-0.2, 0) is 30.5 Å². The van der Waals surface area contributed by atoms with Gasteiger partial charge in [-0.25, -0.2) is 4.79 Å². The lowest BCUT2D eigenvalue weighted by molar-refractivity contribution is -0.137. The fourth-order valence-corrected chi connectivity index (χ4v) is 3.35. The van der Waals surface area contributed by atoms with Crippen LogP contribution in [0, 0.1) is 0 Å². The zero-order valence-corrected chi connectivity index (χ0v) is 17.8. The molecule has 0 fully saturated rings. The summed E-state index contributed by atoms with van der Waals surface area (Å²) < 4.78 is 45.6. The summed E-state index contributed by atoms with van der Waals surface area (Å²) in [6.07, 6.45) is -2.27. The third-order valence-electron chi connectivity index (χ3n) is 5.02. The summed E-state index contributed by atoms with van der Waals surface area (Å²) in [6.45, 7) is 1.93. The minimum Gasteiger partial charge on any atom is -0.467 e. The van der Waals surface area contributed by atoms with Crippen molar-refractivity contribution in [1.29, 1.82) is 0 Å². The second-order valence-electron chi connectivity index (χ2n) is 7.43. The molecule has 0 aliphatic rings. The molecule has 176 valence electrons. The average Bonchev–Trinajstić information content (AvgIpc) is 3.25. The van der Waals surface area contributed by atoms with Crippen molar-refractivity contribution in [3.05, 3.63) is 80.4 Å². The van der Waals surface area contributed by atoms with E-state index in [1.807, 2.05) is 6.92 Å². The van der Waals surface area contributed by atoms with E-state index in [0.29, 0.717) is 12.2 Å². The summed E-state index contributed by atoms with van der Waals surface area (Å²) in [5.41, 5.74) is 3.49. The number of carbonyl (C=O) groups excluding carboxylic acids is 1. The van der Waals surface area contributed by atoms with Crippen LogP contribution in [0.1, 0.15) is 36.7 Å². The Bertz CT molecular complexity index is 1230. The van der Waals surface area contributed by atoms with Crippen LogP contribution in [0.5, 0.6) is 0 Å². The predicted octanol–water partition coefficient (Wildman–Crippen LogP) is 3.31. The molecule has 2 aromatic heterocycles. The van der Waals surface area contributed by atoms with Gasteiger partial charge in [0.25, 0.3) is 5.56 Å². The van der Waals surface area contributed by atoms with Crippen LogP contribution < -0.4 is 21.9 Å². The number of H-pyrrole nitrogens is 1. The number of carbonyl (C=O) groups is 1. The third kappa shape index (κ3) is 5.54. The van der Waals surface area contributed by atoms with Gasteiger partial charge in [0.05, 0.1) is 24.8 Å². The fourth-order valence-electron chi connectivity index (χ4n) is 3.35. The number of anilines is 2. The Labute approximate surface area is 186 Å². The van der Waals surface area contributed by atoms with E-state index < -0.39 is 35.3 Å². The number of rotatable bonds is 8. The van der Waals surface area contributed by atoms with Gasteiger partial charge in [0.15, 0.2) is 5.69 Å². The van der Waals surface area contributed by atoms with Gasteiger partial charge in [-0.1, -0.05) is 31.5 Å². The van der Waals surface area contributed by atoms with Gasteiger partial charge in [0.2, 0.25) is 5.91 Å². The number of nitrogens with two attached hydrogens (primary N) is 1. The van der Waals surface area contributed by atoms with Gasteiger partial charge < -0.3 is 10.2 Å². The number of benzene rings is 1. The second-order valence-corrected chi connectivity index (χ2v) is 7.43. The molecule has 0 unspecified atom stereocenters. The van der Waals surface area contributed by atoms with Crippen molar-refractivity contribution in [1.82, 2.24) is 9.55 Å². The Morgan fingerprint density at radius 3 is 2.61 bits per heavy atom. The molecule has 11 heteroatoms. The Morgan fingerprint density at radius 1 is 1.21 bits per heavy atom. The lowest BCUT2D eigenvalue weighted by Crippen LogP contribution is -2.41. The molecular weight excluding hydrogens is 441 g/mol. The Kier molecular flexibility index (Phi) is 7.10. The molecule has 0 spiro atoms. The van der Waals surface area contributed by atoms with Crippen LogP contribution in [-0.4, -0.2) is 15.5 Å². The summed E-state index contributed by atoms with van der Waals surface area (Å²) in [5, 5.41) is 0. The smallest absolute Gasteiger partial charge is 0.416 e. The summed E-state index contributed by atoms with van der Waals surface area (Å²) in [5.74, 6) is -0.581. The molecule has 0 atom stereocenters. The largest absolute Gasteiger partial charge is 0.467 e. The van der Waals surface area contributed by atoms with Crippen molar-refractivity contribution in [3.8, 4) is 0 Å². The number of aromatic nitrogens is 2. The maximum atomic E-state index is 13.2. The molecule has 0 bridgehead atoms. The van der Waals surface area contributed by atoms with Crippen LogP contribution in [0.2, 0.25) is 0 Å². The van der Waals surface area contributed by atoms with Crippen molar-refractivity contribution in [3.63, 3.8) is 0 Å². The number of nitrogens with zero attached hydrogens (tertiary/aromatic N) is 2. The number of alkyl halides is 3. The van der Waals surface area contributed by atoms with Crippen LogP contribution in [0.3, 0.4) is 0 Å². The molecule has 0 radical (unpaired) electrons. The zero-order chi connectivity index (χ0) is 24.2. The van der Waals surface area contributed by atoms with Crippen molar-refractivity contribution < 1.29 is 22.4 Å². The van der Waals surface area contributed by atoms with Gasteiger partial charge in [-0.2, -0.15) is 13.2 Å². The summed E-state index contributed by atoms with van der Waals surface area (Å²) in [4.78, 5) is 41.3. The topological polar surface area (TPSA) is 114 Å². The Morgan fingerprint density at radius 2 is 1.97 bits per heavy atom. The van der Waals surface area contributed by atoms with E-state index in [0.717, 1.165) is 28.0 Å². The first-order valence-corrected chi connectivity index (χ1v) is 10.2. The highest BCUT2D eigenvalue weighted by atomic mass is 19.4. The van der Waals surface area contributed by atoms with Crippen LogP contribution in [0.15, 0.2) is 56.7 Å². The third-order valence-corrected chi connectivity index (χ3v) is 5.02. The highest BCUT2D eigenvalue weighted by molar-refractivity contribution is 5.96. The number of furan rings is 1. The number of nitrogen functional groups attached to an aromatic ring is 1. The molecule has 1 amide bonds. The van der Waals surface area contributed by atoms with Gasteiger partial charge in [-0.15, -0.1) is 0 Å². The molecular formula is C22H23F3N4O4. The molecule has 33 heavy (non-hydrogen) atoms. The summed E-state index contributed by atoms with van der Waals surface area (Å²) in [7, 11) is 0. The maximum Gasteiger partial charge on any atom is 0.416 e. The van der Waals surface area contributed by atoms with Gasteiger partial charge >= 0.3 is 11.9 Å². The van der Waals surface area contributed by atoms with Gasteiger partial charge in [-0.05, 0) is 30.2 Å². The van der Waals surface area contributed by atoms with Crippen molar-refractivity contribution in [2.75, 3.05) is 10.6 Å². The van der Waals surface area contributed by atoms with E-state index in [2.05, 4.69) is 4.98 Å². The van der Waals surface area contributed by atoms with Crippen LogP contribution in [0.25, 0.3) is 0 Å². The molecule has 0 saturated heterocycles. The molecule has 8 nitrogen and oxygen atoms in total. The molecule has 1 aromatic carbocycles. The molecule has 2 heterocycles. The molecule has 3 rings (SSSR count). The van der Waals surface area contributed by atoms with E-state index in [4.69, 9.17) is 10.2 Å². The Balaban J connectivity index is 2.04. The number of aromatic amines is 1. The first kappa shape index (κ1) is 23.9. The molecule has 3 N–H and O–H groups in total. The van der Waals surface area contributed by atoms with Crippen molar-refractivity contribution in [2.45, 2.75) is 45.5 Å². The monoisotopic (exact) mass is 464 g/mol. The molecule has 3 aromatic rings. The summed E-state index contributed by atoms with van der Waals surface area (Å²) in [6, 6.07) is 7.52. The second kappa shape index (κ2) is 9.80. The van der Waals surface area contributed by atoms with Crippen molar-refractivity contribution >= 4 is 17.4 Å².